The van der Waals surface area contributed by atoms with Crippen LogP contribution in [0.3, 0.4) is 0 Å². The van der Waals surface area contributed by atoms with Crippen LogP contribution in [0.25, 0.3) is 5.69 Å². The van der Waals surface area contributed by atoms with Gasteiger partial charge in [0.1, 0.15) is 5.69 Å². The van der Waals surface area contributed by atoms with Gasteiger partial charge in [-0.2, -0.15) is 0 Å². The number of hydrogen-bond donors (Lipinski definition) is 3. The predicted molar refractivity (Wildman–Crippen MR) is 133 cm³/mol. The van der Waals surface area contributed by atoms with Crippen LogP contribution >= 0.6 is 0 Å². The van der Waals surface area contributed by atoms with Gasteiger partial charge in [0.05, 0.1) is 11.4 Å². The number of carbonyl (C=O) groups excluding carboxylic acids is 1. The molecule has 3 aliphatic rings. The standard InChI is InChI=1S/C27H31N5O2/c33-26(31-14-13-28-17-22(31)15-18-5-2-1-3-6-18)24-25(20-8-9-20)32(27(34)30-24)21-11-10-19-7-4-12-29-23(19)16-21/h1-3,5-6,10-11,16,20,22,28-29H,4,7-9,12-15,17H2,(H,30,34)/t22-/m1/s1. The van der Waals surface area contributed by atoms with Gasteiger partial charge in [0, 0.05) is 43.8 Å². The molecule has 1 saturated carbocycles. The van der Waals surface area contributed by atoms with Crippen molar-refractivity contribution in [2.45, 2.75) is 44.1 Å². The molecule has 0 radical (unpaired) electrons. The predicted octanol–water partition coefficient (Wildman–Crippen LogP) is 3.06. The number of nitrogens with zero attached hydrogens (tertiary/aromatic N) is 2. The minimum absolute atomic E-state index is 0.0514. The molecule has 3 aromatic rings. The molecule has 1 atom stereocenters. The maximum Gasteiger partial charge on any atom is 0.330 e. The zero-order valence-corrected chi connectivity index (χ0v) is 19.3. The minimum atomic E-state index is -0.226. The van der Waals surface area contributed by atoms with Crippen molar-refractivity contribution in [3.63, 3.8) is 0 Å². The first-order valence-electron chi connectivity index (χ1n) is 12.5. The maximum atomic E-state index is 13.9. The number of rotatable bonds is 5. The lowest BCUT2D eigenvalue weighted by atomic mass is 10.0. The fraction of sp³-hybridized carbons (Fsp3) is 0.407. The van der Waals surface area contributed by atoms with Crippen LogP contribution in [-0.2, 0) is 12.8 Å². The molecule has 6 rings (SSSR count). The first kappa shape index (κ1) is 21.2. The molecule has 1 aromatic heterocycles. The lowest BCUT2D eigenvalue weighted by Crippen LogP contribution is -2.54. The van der Waals surface area contributed by atoms with Gasteiger partial charge in [-0.05, 0) is 55.4 Å². The molecule has 1 aliphatic carbocycles. The van der Waals surface area contributed by atoms with Crippen molar-refractivity contribution in [3.8, 4) is 5.69 Å². The van der Waals surface area contributed by atoms with Gasteiger partial charge < -0.3 is 20.5 Å². The zero-order valence-electron chi connectivity index (χ0n) is 19.3. The summed E-state index contributed by atoms with van der Waals surface area (Å²) in [4.78, 5) is 32.0. The van der Waals surface area contributed by atoms with E-state index in [9.17, 15) is 9.59 Å². The molecule has 176 valence electrons. The van der Waals surface area contributed by atoms with Crippen molar-refractivity contribution in [2.24, 2.45) is 0 Å². The van der Waals surface area contributed by atoms with Crippen molar-refractivity contribution in [1.29, 1.82) is 0 Å². The number of aromatic nitrogens is 2. The molecule has 2 aliphatic heterocycles. The molecule has 2 fully saturated rings. The number of carbonyl (C=O) groups is 1. The van der Waals surface area contributed by atoms with Crippen molar-refractivity contribution in [1.82, 2.24) is 19.8 Å². The Labute approximate surface area is 199 Å². The topological polar surface area (TPSA) is 82.2 Å². The SMILES string of the molecule is O=C(c1[nH]c(=O)n(-c2ccc3c(c2)NCCC3)c1C1CC1)N1CCNC[C@H]1Cc1ccccc1. The quantitative estimate of drug-likeness (QED) is 0.550. The second-order valence-electron chi connectivity index (χ2n) is 9.72. The van der Waals surface area contributed by atoms with E-state index in [1.807, 2.05) is 29.2 Å². The van der Waals surface area contributed by atoms with E-state index < -0.39 is 0 Å². The number of aromatic amines is 1. The number of benzene rings is 2. The van der Waals surface area contributed by atoms with E-state index >= 15 is 0 Å². The number of fused-ring (bicyclic) bond motifs is 1. The number of anilines is 1. The largest absolute Gasteiger partial charge is 0.385 e. The smallest absolute Gasteiger partial charge is 0.330 e. The summed E-state index contributed by atoms with van der Waals surface area (Å²) < 4.78 is 1.75. The molecule has 3 N–H and O–H groups in total. The third-order valence-electron chi connectivity index (χ3n) is 7.33. The summed E-state index contributed by atoms with van der Waals surface area (Å²) in [5, 5.41) is 6.89. The molecule has 0 bridgehead atoms. The highest BCUT2D eigenvalue weighted by molar-refractivity contribution is 5.94. The third-order valence-corrected chi connectivity index (χ3v) is 7.33. The van der Waals surface area contributed by atoms with E-state index in [0.717, 1.165) is 68.8 Å². The van der Waals surface area contributed by atoms with Crippen molar-refractivity contribution in [3.05, 3.63) is 81.5 Å². The molecule has 1 amide bonds. The highest BCUT2D eigenvalue weighted by Gasteiger charge is 2.37. The van der Waals surface area contributed by atoms with Gasteiger partial charge in [-0.15, -0.1) is 0 Å². The third kappa shape index (κ3) is 3.94. The number of imidazole rings is 1. The Morgan fingerprint density at radius 1 is 1.06 bits per heavy atom. The maximum absolute atomic E-state index is 13.9. The Kier molecular flexibility index (Phi) is 5.49. The lowest BCUT2D eigenvalue weighted by Gasteiger charge is -2.36. The van der Waals surface area contributed by atoms with Crippen LogP contribution in [0.1, 0.15) is 52.5 Å². The number of piperazine rings is 1. The molecule has 0 spiro atoms. The number of amides is 1. The monoisotopic (exact) mass is 457 g/mol. The van der Waals surface area contributed by atoms with E-state index in [4.69, 9.17) is 0 Å². The first-order chi connectivity index (χ1) is 16.7. The van der Waals surface area contributed by atoms with Gasteiger partial charge in [-0.1, -0.05) is 36.4 Å². The summed E-state index contributed by atoms with van der Waals surface area (Å²) >= 11 is 0. The Bertz CT molecular complexity index is 1260. The van der Waals surface area contributed by atoms with Gasteiger partial charge in [-0.25, -0.2) is 4.79 Å². The average molecular weight is 458 g/mol. The fourth-order valence-corrected chi connectivity index (χ4v) is 5.44. The minimum Gasteiger partial charge on any atom is -0.385 e. The summed E-state index contributed by atoms with van der Waals surface area (Å²) in [6, 6.07) is 16.5. The molecule has 0 unspecified atom stereocenters. The van der Waals surface area contributed by atoms with Crippen molar-refractivity contribution < 1.29 is 4.79 Å². The van der Waals surface area contributed by atoms with Gasteiger partial charge in [0.15, 0.2) is 0 Å². The Morgan fingerprint density at radius 3 is 2.74 bits per heavy atom. The molecular formula is C27H31N5O2. The van der Waals surface area contributed by atoms with E-state index in [0.29, 0.717) is 12.2 Å². The van der Waals surface area contributed by atoms with Crippen LogP contribution < -0.4 is 16.3 Å². The van der Waals surface area contributed by atoms with Crippen LogP contribution in [0, 0.1) is 0 Å². The summed E-state index contributed by atoms with van der Waals surface area (Å²) in [5.41, 5.74) is 5.51. The molecule has 7 heteroatoms. The van der Waals surface area contributed by atoms with Gasteiger partial charge >= 0.3 is 5.69 Å². The second kappa shape index (κ2) is 8.80. The highest BCUT2D eigenvalue weighted by atomic mass is 16.2. The number of hydrogen-bond acceptors (Lipinski definition) is 4. The van der Waals surface area contributed by atoms with Crippen LogP contribution in [-0.4, -0.2) is 52.6 Å². The molecule has 1 saturated heterocycles. The summed E-state index contributed by atoms with van der Waals surface area (Å²) in [7, 11) is 0. The van der Waals surface area contributed by atoms with Crippen LogP contribution in [0.5, 0.6) is 0 Å². The molecule has 3 heterocycles. The van der Waals surface area contributed by atoms with Crippen LogP contribution in [0.2, 0.25) is 0 Å². The zero-order chi connectivity index (χ0) is 23.1. The summed E-state index contributed by atoms with van der Waals surface area (Å²) in [5.74, 6) is 0.189. The molecule has 7 nitrogen and oxygen atoms in total. The summed E-state index contributed by atoms with van der Waals surface area (Å²) in [6.45, 7) is 3.10. The van der Waals surface area contributed by atoms with Gasteiger partial charge in [-0.3, -0.25) is 9.36 Å². The number of H-pyrrole nitrogens is 1. The first-order valence-corrected chi connectivity index (χ1v) is 12.5. The van der Waals surface area contributed by atoms with Crippen LogP contribution in [0.15, 0.2) is 53.3 Å². The molecule has 2 aromatic carbocycles. The van der Waals surface area contributed by atoms with Crippen molar-refractivity contribution >= 4 is 11.6 Å². The normalized spacial score (nSPS) is 20.0. The second-order valence-corrected chi connectivity index (χ2v) is 9.72. The number of nitrogens with one attached hydrogen (secondary N) is 3. The summed E-state index contributed by atoms with van der Waals surface area (Å²) in [6.07, 6.45) is 4.98. The Morgan fingerprint density at radius 2 is 1.91 bits per heavy atom. The van der Waals surface area contributed by atoms with Crippen LogP contribution in [0.4, 0.5) is 5.69 Å². The Hall–Kier alpha value is -3.32. The molecular weight excluding hydrogens is 426 g/mol. The van der Waals surface area contributed by atoms with E-state index in [1.165, 1.54) is 11.1 Å². The molecule has 34 heavy (non-hydrogen) atoms. The average Bonchev–Trinajstić information content (AvgIpc) is 3.66. The van der Waals surface area contributed by atoms with Gasteiger partial charge in [0.2, 0.25) is 0 Å². The fourth-order valence-electron chi connectivity index (χ4n) is 5.44. The van der Waals surface area contributed by atoms with Gasteiger partial charge in [0.25, 0.3) is 5.91 Å². The van der Waals surface area contributed by atoms with Crippen molar-refractivity contribution in [2.75, 3.05) is 31.5 Å². The Balaban J connectivity index is 1.36. The van der Waals surface area contributed by atoms with E-state index in [-0.39, 0.29) is 23.6 Å². The van der Waals surface area contributed by atoms with E-state index in [2.05, 4.69) is 39.9 Å². The number of aryl methyl sites for hydroxylation is 1. The lowest BCUT2D eigenvalue weighted by molar-refractivity contribution is 0.0629. The highest BCUT2D eigenvalue weighted by Crippen LogP contribution is 2.42. The van der Waals surface area contributed by atoms with E-state index in [1.54, 1.807) is 4.57 Å².